The number of aromatic nitrogens is 1. The van der Waals surface area contributed by atoms with Gasteiger partial charge in [-0.25, -0.2) is 9.78 Å². The molecule has 7 heteroatoms. The van der Waals surface area contributed by atoms with E-state index >= 15 is 0 Å². The Morgan fingerprint density at radius 1 is 1.59 bits per heavy atom. The quantitative estimate of drug-likeness (QED) is 0.628. The van der Waals surface area contributed by atoms with Crippen LogP contribution < -0.4 is 5.32 Å². The van der Waals surface area contributed by atoms with Gasteiger partial charge in [0.1, 0.15) is 0 Å². The minimum absolute atomic E-state index is 0.360. The zero-order valence-electron chi connectivity index (χ0n) is 10.1. The van der Waals surface area contributed by atoms with Crippen molar-refractivity contribution in [1.29, 1.82) is 0 Å². The lowest BCUT2D eigenvalue weighted by molar-refractivity contribution is 0.0594. The summed E-state index contributed by atoms with van der Waals surface area (Å²) in [6.45, 7) is 2.53. The minimum atomic E-state index is -0.763. The van der Waals surface area contributed by atoms with Crippen molar-refractivity contribution in [1.82, 2.24) is 4.98 Å². The number of carbonyl (C=O) groups is 1. The maximum atomic E-state index is 11.3. The highest BCUT2D eigenvalue weighted by atomic mass is 32.2. The predicted octanol–water partition coefficient (Wildman–Crippen LogP) is 1.42. The normalized spacial score (nSPS) is 12.2. The van der Waals surface area contributed by atoms with E-state index in [1.807, 2.05) is 6.92 Å². The largest absolute Gasteiger partial charge is 0.464 e. The van der Waals surface area contributed by atoms with E-state index in [0.717, 1.165) is 11.3 Å². The van der Waals surface area contributed by atoms with Crippen molar-refractivity contribution in [3.05, 3.63) is 10.6 Å². The molecule has 0 fully saturated rings. The van der Waals surface area contributed by atoms with E-state index in [4.69, 9.17) is 0 Å². The number of hydrogen-bond donors (Lipinski definition) is 1. The van der Waals surface area contributed by atoms with Crippen molar-refractivity contribution in [2.75, 3.05) is 31.0 Å². The molecule has 1 unspecified atom stereocenters. The second-order valence-corrected chi connectivity index (χ2v) is 6.23. The Hall–Kier alpha value is -0.950. The molecule has 1 rings (SSSR count). The van der Waals surface area contributed by atoms with Gasteiger partial charge in [-0.15, -0.1) is 11.3 Å². The zero-order valence-corrected chi connectivity index (χ0v) is 11.7. The van der Waals surface area contributed by atoms with Crippen LogP contribution in [0.3, 0.4) is 0 Å². The van der Waals surface area contributed by atoms with Crippen molar-refractivity contribution in [3.8, 4) is 0 Å². The van der Waals surface area contributed by atoms with Gasteiger partial charge in [-0.2, -0.15) is 0 Å². The van der Waals surface area contributed by atoms with Crippen molar-refractivity contribution >= 4 is 33.2 Å². The molecule has 1 N–H and O–H groups in total. The number of rotatable bonds is 6. The standard InChI is InChI=1S/C10H16N2O3S2/c1-7-8(9(13)15-2)12-10(16-7)11-5-4-6-17(3)14/h4-6H2,1-3H3,(H,11,12). The molecule has 0 aromatic carbocycles. The predicted molar refractivity (Wildman–Crippen MR) is 70.2 cm³/mol. The van der Waals surface area contributed by atoms with E-state index in [1.165, 1.54) is 18.4 Å². The summed E-state index contributed by atoms with van der Waals surface area (Å²) in [5.41, 5.74) is 0.360. The van der Waals surface area contributed by atoms with Crippen molar-refractivity contribution < 1.29 is 13.7 Å². The Bertz CT molecular complexity index is 418. The summed E-state index contributed by atoms with van der Waals surface area (Å²) in [5.74, 6) is 0.253. The first-order valence-electron chi connectivity index (χ1n) is 5.14. The Morgan fingerprint density at radius 3 is 2.88 bits per heavy atom. The number of ether oxygens (including phenoxy) is 1. The Morgan fingerprint density at radius 2 is 2.29 bits per heavy atom. The van der Waals surface area contributed by atoms with Crippen LogP contribution >= 0.6 is 11.3 Å². The van der Waals surface area contributed by atoms with Crippen LogP contribution in [0.2, 0.25) is 0 Å². The molecule has 1 aromatic heterocycles. The summed E-state index contributed by atoms with van der Waals surface area (Å²) in [6.07, 6.45) is 2.50. The first-order valence-corrected chi connectivity index (χ1v) is 7.68. The van der Waals surface area contributed by atoms with Gasteiger partial charge in [-0.3, -0.25) is 4.21 Å². The average molecular weight is 276 g/mol. The smallest absolute Gasteiger partial charge is 0.357 e. The number of thiazole rings is 1. The van der Waals surface area contributed by atoms with Gasteiger partial charge < -0.3 is 10.1 Å². The molecule has 17 heavy (non-hydrogen) atoms. The molecule has 5 nitrogen and oxygen atoms in total. The molecule has 1 heterocycles. The Kier molecular flexibility index (Phi) is 5.57. The van der Waals surface area contributed by atoms with Gasteiger partial charge in [0.25, 0.3) is 0 Å². The van der Waals surface area contributed by atoms with Crippen molar-refractivity contribution in [2.24, 2.45) is 0 Å². The zero-order chi connectivity index (χ0) is 12.8. The van der Waals surface area contributed by atoms with E-state index in [2.05, 4.69) is 15.0 Å². The Labute approximate surface area is 107 Å². The summed E-state index contributed by atoms with van der Waals surface area (Å²) in [6, 6.07) is 0. The maximum absolute atomic E-state index is 11.3. The molecule has 0 spiro atoms. The fourth-order valence-electron chi connectivity index (χ4n) is 1.23. The molecule has 0 bridgehead atoms. The molecule has 0 aliphatic rings. The molecule has 1 aromatic rings. The monoisotopic (exact) mass is 276 g/mol. The first kappa shape index (κ1) is 14.1. The van der Waals surface area contributed by atoms with Crippen molar-refractivity contribution in [3.63, 3.8) is 0 Å². The lowest BCUT2D eigenvalue weighted by Crippen LogP contribution is -2.07. The lowest BCUT2D eigenvalue weighted by Gasteiger charge is -2.00. The lowest BCUT2D eigenvalue weighted by atomic mass is 10.4. The molecular formula is C10H16N2O3S2. The molecule has 0 saturated heterocycles. The van der Waals surface area contributed by atoms with Crippen LogP contribution in [0.5, 0.6) is 0 Å². The second-order valence-electron chi connectivity index (χ2n) is 3.47. The number of methoxy groups -OCH3 is 1. The van der Waals surface area contributed by atoms with Crippen LogP contribution in [0.4, 0.5) is 5.13 Å². The third kappa shape index (κ3) is 4.43. The fraction of sp³-hybridized carbons (Fsp3) is 0.600. The highest BCUT2D eigenvalue weighted by Crippen LogP contribution is 2.22. The highest BCUT2D eigenvalue weighted by Gasteiger charge is 2.15. The van der Waals surface area contributed by atoms with E-state index in [9.17, 15) is 9.00 Å². The third-order valence-corrected chi connectivity index (χ3v) is 3.85. The Balaban J connectivity index is 2.50. The van der Waals surface area contributed by atoms with E-state index in [-0.39, 0.29) is 0 Å². The second kappa shape index (κ2) is 6.70. The topological polar surface area (TPSA) is 68.3 Å². The molecule has 96 valence electrons. The molecule has 1 atom stereocenters. The van der Waals surface area contributed by atoms with Gasteiger partial charge in [-0.05, 0) is 13.3 Å². The highest BCUT2D eigenvalue weighted by molar-refractivity contribution is 7.84. The molecule has 0 aliphatic carbocycles. The first-order chi connectivity index (χ1) is 8.04. The summed E-state index contributed by atoms with van der Waals surface area (Å²) >= 11 is 1.42. The molecular weight excluding hydrogens is 260 g/mol. The number of nitrogens with one attached hydrogen (secondary N) is 1. The summed E-state index contributed by atoms with van der Waals surface area (Å²) in [4.78, 5) is 16.3. The molecule has 0 saturated carbocycles. The summed E-state index contributed by atoms with van der Waals surface area (Å²) < 4.78 is 15.5. The third-order valence-electron chi connectivity index (χ3n) is 2.06. The fourth-order valence-corrected chi connectivity index (χ4v) is 2.61. The van der Waals surface area contributed by atoms with E-state index in [1.54, 1.807) is 6.26 Å². The van der Waals surface area contributed by atoms with Crippen LogP contribution in [0.25, 0.3) is 0 Å². The SMILES string of the molecule is COC(=O)c1nc(NCCCS(C)=O)sc1C. The number of aryl methyl sites for hydroxylation is 1. The van der Waals surface area contributed by atoms with E-state index < -0.39 is 16.8 Å². The van der Waals surface area contributed by atoms with Gasteiger partial charge >= 0.3 is 5.97 Å². The summed E-state index contributed by atoms with van der Waals surface area (Å²) in [7, 11) is 0.576. The molecule has 0 radical (unpaired) electrons. The van der Waals surface area contributed by atoms with Crippen molar-refractivity contribution in [2.45, 2.75) is 13.3 Å². The number of hydrogen-bond acceptors (Lipinski definition) is 6. The molecule has 0 amide bonds. The number of anilines is 1. The number of carbonyl (C=O) groups excluding carboxylic acids is 1. The van der Waals surface area contributed by atoms with Crippen LogP contribution in [-0.4, -0.2) is 40.8 Å². The van der Waals surface area contributed by atoms with Crippen LogP contribution in [0.15, 0.2) is 0 Å². The summed E-state index contributed by atoms with van der Waals surface area (Å²) in [5, 5.41) is 3.80. The maximum Gasteiger partial charge on any atom is 0.357 e. The number of esters is 1. The van der Waals surface area contributed by atoms with Crippen LogP contribution in [0, 0.1) is 6.92 Å². The van der Waals surface area contributed by atoms with Gasteiger partial charge in [0, 0.05) is 34.2 Å². The van der Waals surface area contributed by atoms with E-state index in [0.29, 0.717) is 23.1 Å². The minimum Gasteiger partial charge on any atom is -0.464 e. The van der Waals surface area contributed by atoms with Gasteiger partial charge in [-0.1, -0.05) is 0 Å². The van der Waals surface area contributed by atoms with Gasteiger partial charge in [0.2, 0.25) is 0 Å². The average Bonchev–Trinajstić information content (AvgIpc) is 2.65. The molecule has 0 aliphatic heterocycles. The van der Waals surface area contributed by atoms with Crippen LogP contribution in [0.1, 0.15) is 21.8 Å². The van der Waals surface area contributed by atoms with Crippen LogP contribution in [-0.2, 0) is 15.5 Å². The van der Waals surface area contributed by atoms with Gasteiger partial charge in [0.15, 0.2) is 10.8 Å². The number of nitrogens with zero attached hydrogens (tertiary/aromatic N) is 1. The van der Waals surface area contributed by atoms with Gasteiger partial charge in [0.05, 0.1) is 7.11 Å².